The van der Waals surface area contributed by atoms with E-state index in [0.717, 1.165) is 15.6 Å². The van der Waals surface area contributed by atoms with Crippen LogP contribution in [0.2, 0.25) is 5.02 Å². The summed E-state index contributed by atoms with van der Waals surface area (Å²) in [5, 5.41) is 0.108. The maximum absolute atomic E-state index is 13.3. The van der Waals surface area contributed by atoms with Gasteiger partial charge >= 0.3 is 0 Å². The molecule has 0 N–H and O–H groups in total. The molecule has 0 heterocycles. The SMILES string of the molecule is Fc1cc(COc2ccc(CCl)cc2Br)ccc1Cl. The lowest BCUT2D eigenvalue weighted by Crippen LogP contribution is -1.97. The Morgan fingerprint density at radius 1 is 1.11 bits per heavy atom. The molecule has 0 fully saturated rings. The van der Waals surface area contributed by atoms with Crippen molar-refractivity contribution in [2.45, 2.75) is 12.5 Å². The standard InChI is InChI=1S/C14H10BrCl2FO/c15-11-5-9(7-16)2-4-14(11)19-8-10-1-3-12(17)13(18)6-10/h1-6H,7-8H2. The number of halogens is 4. The Morgan fingerprint density at radius 2 is 1.84 bits per heavy atom. The average molecular weight is 364 g/mol. The Labute approximate surface area is 129 Å². The molecule has 0 radical (unpaired) electrons. The Kier molecular flexibility index (Phi) is 5.08. The molecule has 100 valence electrons. The van der Waals surface area contributed by atoms with Crippen LogP contribution in [0.25, 0.3) is 0 Å². The van der Waals surface area contributed by atoms with Crippen molar-refractivity contribution in [2.24, 2.45) is 0 Å². The van der Waals surface area contributed by atoms with Crippen LogP contribution in [-0.2, 0) is 12.5 Å². The highest BCUT2D eigenvalue weighted by Gasteiger charge is 2.05. The van der Waals surface area contributed by atoms with E-state index in [1.54, 1.807) is 6.07 Å². The van der Waals surface area contributed by atoms with Crippen molar-refractivity contribution in [1.82, 2.24) is 0 Å². The summed E-state index contributed by atoms with van der Waals surface area (Å²) in [5.74, 6) is 0.685. The van der Waals surface area contributed by atoms with E-state index in [4.69, 9.17) is 27.9 Å². The van der Waals surface area contributed by atoms with Gasteiger partial charge in [-0.3, -0.25) is 0 Å². The highest BCUT2D eigenvalue weighted by molar-refractivity contribution is 9.10. The number of hydrogen-bond donors (Lipinski definition) is 0. The third-order valence-electron chi connectivity index (χ3n) is 2.53. The van der Waals surface area contributed by atoms with E-state index in [1.165, 1.54) is 12.1 Å². The van der Waals surface area contributed by atoms with Gasteiger partial charge in [-0.05, 0) is 51.3 Å². The van der Waals surface area contributed by atoms with Crippen molar-refractivity contribution in [3.8, 4) is 5.75 Å². The smallest absolute Gasteiger partial charge is 0.142 e. The lowest BCUT2D eigenvalue weighted by molar-refractivity contribution is 0.303. The van der Waals surface area contributed by atoms with Crippen LogP contribution in [0.3, 0.4) is 0 Å². The van der Waals surface area contributed by atoms with Crippen LogP contribution in [0.15, 0.2) is 40.9 Å². The molecule has 0 saturated carbocycles. The summed E-state index contributed by atoms with van der Waals surface area (Å²) in [7, 11) is 0. The van der Waals surface area contributed by atoms with Crippen molar-refractivity contribution < 1.29 is 9.13 Å². The predicted octanol–water partition coefficient (Wildman–Crippen LogP) is 5.56. The van der Waals surface area contributed by atoms with Crippen LogP contribution in [0.1, 0.15) is 11.1 Å². The Morgan fingerprint density at radius 3 is 2.47 bits per heavy atom. The molecule has 19 heavy (non-hydrogen) atoms. The van der Waals surface area contributed by atoms with Crippen LogP contribution in [0.5, 0.6) is 5.75 Å². The maximum Gasteiger partial charge on any atom is 0.142 e. The van der Waals surface area contributed by atoms with Gasteiger partial charge in [-0.25, -0.2) is 4.39 Å². The molecule has 0 atom stereocenters. The molecular formula is C14H10BrCl2FO. The molecule has 1 nitrogen and oxygen atoms in total. The van der Waals surface area contributed by atoms with Crippen molar-refractivity contribution in [1.29, 1.82) is 0 Å². The molecule has 0 aliphatic heterocycles. The molecule has 0 aliphatic carbocycles. The van der Waals surface area contributed by atoms with Gasteiger partial charge in [0.25, 0.3) is 0 Å². The minimum atomic E-state index is -0.445. The molecule has 0 saturated heterocycles. The molecule has 0 unspecified atom stereocenters. The molecule has 2 rings (SSSR count). The quantitative estimate of drug-likeness (QED) is 0.646. The molecule has 0 bridgehead atoms. The summed E-state index contributed by atoms with van der Waals surface area (Å²) >= 11 is 14.8. The highest BCUT2D eigenvalue weighted by atomic mass is 79.9. The molecular weight excluding hydrogens is 354 g/mol. The summed E-state index contributed by atoms with van der Waals surface area (Å²) in [4.78, 5) is 0. The van der Waals surface area contributed by atoms with E-state index >= 15 is 0 Å². The summed E-state index contributed by atoms with van der Waals surface area (Å²) in [6.45, 7) is 0.271. The number of benzene rings is 2. The minimum Gasteiger partial charge on any atom is -0.488 e. The lowest BCUT2D eigenvalue weighted by atomic mass is 10.2. The fourth-order valence-electron chi connectivity index (χ4n) is 1.54. The second-order valence-corrected chi connectivity index (χ2v) is 5.46. The first-order valence-electron chi connectivity index (χ1n) is 5.51. The number of alkyl halides is 1. The van der Waals surface area contributed by atoms with Gasteiger partial charge in [0.05, 0.1) is 9.50 Å². The molecule has 0 amide bonds. The Balaban J connectivity index is 2.07. The highest BCUT2D eigenvalue weighted by Crippen LogP contribution is 2.27. The Hall–Kier alpha value is -0.770. The van der Waals surface area contributed by atoms with Gasteiger partial charge in [-0.15, -0.1) is 11.6 Å². The van der Waals surface area contributed by atoms with Crippen molar-refractivity contribution in [3.05, 3.63) is 62.8 Å². The van der Waals surface area contributed by atoms with Gasteiger partial charge in [-0.1, -0.05) is 23.7 Å². The number of ether oxygens (including phenoxy) is 1. The van der Waals surface area contributed by atoms with E-state index in [2.05, 4.69) is 15.9 Å². The van der Waals surface area contributed by atoms with Gasteiger partial charge in [0.2, 0.25) is 0 Å². The first-order chi connectivity index (χ1) is 9.10. The maximum atomic E-state index is 13.3. The van der Waals surface area contributed by atoms with Gasteiger partial charge in [0.1, 0.15) is 18.2 Å². The van der Waals surface area contributed by atoms with Gasteiger partial charge in [0.15, 0.2) is 0 Å². The Bertz CT molecular complexity index is 590. The fourth-order valence-corrected chi connectivity index (χ4v) is 2.36. The normalized spacial score (nSPS) is 10.5. The zero-order valence-electron chi connectivity index (χ0n) is 9.80. The van der Waals surface area contributed by atoms with Crippen molar-refractivity contribution in [3.63, 3.8) is 0 Å². The zero-order chi connectivity index (χ0) is 13.8. The average Bonchev–Trinajstić information content (AvgIpc) is 2.41. The summed E-state index contributed by atoms with van der Waals surface area (Å²) < 4.78 is 19.7. The number of hydrogen-bond acceptors (Lipinski definition) is 1. The first-order valence-corrected chi connectivity index (χ1v) is 7.22. The molecule has 2 aromatic carbocycles. The summed E-state index contributed by atoms with van der Waals surface area (Å²) in [5.41, 5.74) is 1.72. The second-order valence-electron chi connectivity index (χ2n) is 3.94. The van der Waals surface area contributed by atoms with Gasteiger partial charge in [0, 0.05) is 5.88 Å². The first kappa shape index (κ1) is 14.6. The molecule has 5 heteroatoms. The second kappa shape index (κ2) is 6.60. The van der Waals surface area contributed by atoms with Gasteiger partial charge in [-0.2, -0.15) is 0 Å². The third kappa shape index (κ3) is 3.85. The molecule has 0 aliphatic rings. The molecule has 2 aromatic rings. The fraction of sp³-hybridized carbons (Fsp3) is 0.143. The van der Waals surface area contributed by atoms with Gasteiger partial charge < -0.3 is 4.74 Å². The summed E-state index contributed by atoms with van der Waals surface area (Å²) in [6.07, 6.45) is 0. The van der Waals surface area contributed by atoms with Crippen molar-refractivity contribution >= 4 is 39.1 Å². The minimum absolute atomic E-state index is 0.108. The van der Waals surface area contributed by atoms with Crippen molar-refractivity contribution in [2.75, 3.05) is 0 Å². The van der Waals surface area contributed by atoms with Crippen LogP contribution in [0, 0.1) is 5.82 Å². The topological polar surface area (TPSA) is 9.23 Å². The van der Waals surface area contributed by atoms with E-state index in [1.807, 2.05) is 18.2 Å². The zero-order valence-corrected chi connectivity index (χ0v) is 12.9. The van der Waals surface area contributed by atoms with Crippen LogP contribution in [-0.4, -0.2) is 0 Å². The largest absolute Gasteiger partial charge is 0.488 e. The number of rotatable bonds is 4. The van der Waals surface area contributed by atoms with E-state index in [0.29, 0.717) is 11.6 Å². The van der Waals surface area contributed by atoms with Crippen LogP contribution >= 0.6 is 39.1 Å². The van der Waals surface area contributed by atoms with E-state index in [9.17, 15) is 4.39 Å². The predicted molar refractivity (Wildman–Crippen MR) is 79.4 cm³/mol. The van der Waals surface area contributed by atoms with Crippen LogP contribution in [0.4, 0.5) is 4.39 Å². The van der Waals surface area contributed by atoms with E-state index < -0.39 is 5.82 Å². The molecule has 0 aromatic heterocycles. The van der Waals surface area contributed by atoms with E-state index in [-0.39, 0.29) is 11.6 Å². The third-order valence-corrected chi connectivity index (χ3v) is 3.76. The molecule has 0 spiro atoms. The monoisotopic (exact) mass is 362 g/mol. The van der Waals surface area contributed by atoms with Crippen LogP contribution < -0.4 is 4.74 Å². The summed E-state index contributed by atoms with van der Waals surface area (Å²) in [6, 6.07) is 10.2. The lowest BCUT2D eigenvalue weighted by Gasteiger charge is -2.09.